The van der Waals surface area contributed by atoms with Gasteiger partial charge in [0.25, 0.3) is 0 Å². The molecule has 0 bridgehead atoms. The minimum Gasteiger partial charge on any atom is -0.497 e. The summed E-state index contributed by atoms with van der Waals surface area (Å²) in [5, 5.41) is 7.55. The largest absolute Gasteiger partial charge is 0.497 e. The predicted octanol–water partition coefficient (Wildman–Crippen LogP) is 3.32. The summed E-state index contributed by atoms with van der Waals surface area (Å²) in [6.45, 7) is -0.257. The average Bonchev–Trinajstić information content (AvgIpc) is 3.04. The molecule has 2 aromatic carbocycles. The Balaban J connectivity index is 1.89. The highest BCUT2D eigenvalue weighted by molar-refractivity contribution is 7.99. The number of carbonyl (C=O) groups excluding carboxylic acids is 1. The van der Waals surface area contributed by atoms with Gasteiger partial charge in [0, 0.05) is 16.8 Å². The smallest absolute Gasteiger partial charge is 0.246 e. The van der Waals surface area contributed by atoms with Crippen LogP contribution in [-0.4, -0.2) is 37.5 Å². The van der Waals surface area contributed by atoms with Crippen LogP contribution in [0.1, 0.15) is 0 Å². The highest BCUT2D eigenvalue weighted by Crippen LogP contribution is 2.34. The monoisotopic (exact) mass is 466 g/mol. The first-order valence-electron chi connectivity index (χ1n) is 8.61. The van der Waals surface area contributed by atoms with Crippen LogP contribution < -0.4 is 15.8 Å². The van der Waals surface area contributed by atoms with E-state index in [0.717, 1.165) is 11.8 Å². The first-order valence-corrected chi connectivity index (χ1v) is 11.7. The molecule has 11 heteroatoms. The molecule has 1 amide bonds. The molecule has 30 heavy (non-hydrogen) atoms. The van der Waals surface area contributed by atoms with E-state index in [0.29, 0.717) is 16.5 Å². The molecule has 0 unspecified atom stereocenters. The summed E-state index contributed by atoms with van der Waals surface area (Å²) < 4.78 is 32.5. The molecule has 0 spiro atoms. The van der Waals surface area contributed by atoms with E-state index in [1.165, 1.54) is 36.1 Å². The summed E-state index contributed by atoms with van der Waals surface area (Å²) in [4.78, 5) is 12.4. The Labute approximate surface area is 183 Å². The van der Waals surface area contributed by atoms with E-state index < -0.39 is 15.7 Å². The van der Waals surface area contributed by atoms with Crippen molar-refractivity contribution < 1.29 is 17.9 Å². The molecular formula is C19H19ClN4O4S2. The fraction of sp³-hybridized carbons (Fsp3) is 0.158. The molecule has 0 saturated heterocycles. The van der Waals surface area contributed by atoms with Crippen LogP contribution in [0, 0.1) is 0 Å². The number of carbonyl (C=O) groups is 1. The van der Waals surface area contributed by atoms with Gasteiger partial charge < -0.3 is 15.8 Å². The zero-order chi connectivity index (χ0) is 21.9. The normalized spacial score (nSPS) is 11.3. The Morgan fingerprint density at radius 2 is 1.97 bits per heavy atom. The average molecular weight is 467 g/mol. The molecule has 0 aliphatic heterocycles. The van der Waals surface area contributed by atoms with Gasteiger partial charge in [-0.3, -0.25) is 4.79 Å². The number of aromatic nitrogens is 2. The molecule has 1 aromatic heterocycles. The van der Waals surface area contributed by atoms with Crippen molar-refractivity contribution in [2.45, 2.75) is 21.4 Å². The van der Waals surface area contributed by atoms with Crippen LogP contribution in [0.2, 0.25) is 5.02 Å². The Bertz CT molecular complexity index is 1180. The van der Waals surface area contributed by atoms with Crippen LogP contribution in [-0.2, 0) is 21.2 Å². The lowest BCUT2D eigenvalue weighted by Gasteiger charge is -2.08. The van der Waals surface area contributed by atoms with E-state index in [1.807, 2.05) is 0 Å². The van der Waals surface area contributed by atoms with Gasteiger partial charge >= 0.3 is 0 Å². The second kappa shape index (κ2) is 8.99. The maximum absolute atomic E-state index is 13.1. The van der Waals surface area contributed by atoms with Crippen molar-refractivity contribution in [1.29, 1.82) is 0 Å². The number of nitrogens with zero attached hydrogens (tertiary/aromatic N) is 2. The summed E-state index contributed by atoms with van der Waals surface area (Å²) in [7, 11) is -2.42. The van der Waals surface area contributed by atoms with Gasteiger partial charge in [-0.1, -0.05) is 17.7 Å². The number of nitrogens with two attached hydrogens (primary N) is 1. The molecule has 0 aliphatic carbocycles. The highest BCUT2D eigenvalue weighted by Gasteiger charge is 2.29. The van der Waals surface area contributed by atoms with E-state index >= 15 is 0 Å². The van der Waals surface area contributed by atoms with Crippen molar-refractivity contribution in [2.75, 3.05) is 24.4 Å². The number of sulfone groups is 1. The molecular weight excluding hydrogens is 448 g/mol. The number of nitrogens with one attached hydrogen (secondary N) is 1. The molecule has 158 valence electrons. The second-order valence-corrected chi connectivity index (χ2v) is 9.24. The molecule has 0 radical (unpaired) electrons. The fourth-order valence-electron chi connectivity index (χ4n) is 2.71. The van der Waals surface area contributed by atoms with Gasteiger partial charge in [-0.15, -0.1) is 11.8 Å². The number of nitrogen functional groups attached to an aromatic ring is 1. The Morgan fingerprint density at radius 1 is 1.27 bits per heavy atom. The number of methoxy groups -OCH3 is 1. The second-order valence-electron chi connectivity index (χ2n) is 6.12. The first kappa shape index (κ1) is 22.0. The maximum atomic E-state index is 13.1. The summed E-state index contributed by atoms with van der Waals surface area (Å²) in [6, 6.07) is 12.6. The third kappa shape index (κ3) is 4.55. The number of amides is 1. The Hall–Kier alpha value is -2.69. The predicted molar refractivity (Wildman–Crippen MR) is 117 cm³/mol. The Kier molecular flexibility index (Phi) is 6.59. The third-order valence-corrected chi connectivity index (χ3v) is 7.04. The Morgan fingerprint density at radius 3 is 2.60 bits per heavy atom. The summed E-state index contributed by atoms with van der Waals surface area (Å²) in [5.74, 6) is 0.0584. The van der Waals surface area contributed by atoms with E-state index in [9.17, 15) is 13.2 Å². The number of halogens is 1. The highest BCUT2D eigenvalue weighted by atomic mass is 35.5. The molecule has 8 nitrogen and oxygen atoms in total. The molecule has 0 saturated carbocycles. The lowest BCUT2D eigenvalue weighted by atomic mass is 10.3. The van der Waals surface area contributed by atoms with Crippen LogP contribution in [0.5, 0.6) is 5.75 Å². The van der Waals surface area contributed by atoms with Crippen molar-refractivity contribution in [3.63, 3.8) is 0 Å². The maximum Gasteiger partial charge on any atom is 0.246 e. The number of benzene rings is 2. The minimum absolute atomic E-state index is 0.0364. The van der Waals surface area contributed by atoms with Gasteiger partial charge in [0.1, 0.15) is 28.0 Å². The first-order chi connectivity index (χ1) is 14.3. The zero-order valence-corrected chi connectivity index (χ0v) is 18.5. The van der Waals surface area contributed by atoms with E-state index in [1.54, 1.807) is 30.5 Å². The number of anilines is 2. The molecule has 3 N–H and O–H groups in total. The van der Waals surface area contributed by atoms with E-state index in [4.69, 9.17) is 22.1 Å². The molecule has 1 heterocycles. The van der Waals surface area contributed by atoms with Crippen LogP contribution in [0.4, 0.5) is 11.5 Å². The summed E-state index contributed by atoms with van der Waals surface area (Å²) in [6.07, 6.45) is 1.68. The van der Waals surface area contributed by atoms with Crippen molar-refractivity contribution in [3.8, 4) is 5.75 Å². The lowest BCUT2D eigenvalue weighted by Crippen LogP contribution is -2.21. The summed E-state index contributed by atoms with van der Waals surface area (Å²) in [5.41, 5.74) is 6.63. The SMILES string of the molecule is COc1cccc(NC(=O)Cn2nc(SC)c(S(=O)(=O)c3ccc(Cl)cc3)c2N)c1. The van der Waals surface area contributed by atoms with Crippen LogP contribution >= 0.6 is 23.4 Å². The lowest BCUT2D eigenvalue weighted by molar-refractivity contribution is -0.116. The van der Waals surface area contributed by atoms with Gasteiger partial charge in [0.15, 0.2) is 0 Å². The van der Waals surface area contributed by atoms with Gasteiger partial charge in [0.05, 0.1) is 12.0 Å². The molecule has 3 rings (SSSR count). The number of thioether (sulfide) groups is 1. The molecule has 3 aromatic rings. The quantitative estimate of drug-likeness (QED) is 0.513. The van der Waals surface area contributed by atoms with Crippen LogP contribution in [0.15, 0.2) is 63.3 Å². The van der Waals surface area contributed by atoms with Crippen molar-refractivity contribution >= 4 is 50.6 Å². The number of hydrogen-bond donors (Lipinski definition) is 2. The standard InChI is InChI=1S/C19H19ClN4O4S2/c1-28-14-5-3-4-13(10-14)22-16(25)11-24-18(21)17(19(23-24)29-2)30(26,27)15-8-6-12(20)7-9-15/h3-10H,11,21H2,1-2H3,(H,22,25). The van der Waals surface area contributed by atoms with Crippen LogP contribution in [0.3, 0.4) is 0 Å². The van der Waals surface area contributed by atoms with Gasteiger partial charge in [0.2, 0.25) is 15.7 Å². The molecule has 0 atom stereocenters. The number of rotatable bonds is 7. The molecule has 0 fully saturated rings. The summed E-state index contributed by atoms with van der Waals surface area (Å²) >= 11 is 6.98. The van der Waals surface area contributed by atoms with Gasteiger partial charge in [-0.2, -0.15) is 5.10 Å². The van der Waals surface area contributed by atoms with Crippen molar-refractivity contribution in [3.05, 3.63) is 53.6 Å². The molecule has 0 aliphatic rings. The van der Waals surface area contributed by atoms with E-state index in [2.05, 4.69) is 10.4 Å². The van der Waals surface area contributed by atoms with E-state index in [-0.39, 0.29) is 27.2 Å². The van der Waals surface area contributed by atoms with Crippen molar-refractivity contribution in [1.82, 2.24) is 9.78 Å². The zero-order valence-electron chi connectivity index (χ0n) is 16.1. The van der Waals surface area contributed by atoms with Crippen LogP contribution in [0.25, 0.3) is 0 Å². The minimum atomic E-state index is -3.95. The fourth-order valence-corrected chi connectivity index (χ4v) is 5.27. The van der Waals surface area contributed by atoms with Crippen molar-refractivity contribution in [2.24, 2.45) is 0 Å². The number of hydrogen-bond acceptors (Lipinski definition) is 7. The van der Waals surface area contributed by atoms with Gasteiger partial charge in [-0.25, -0.2) is 13.1 Å². The van der Waals surface area contributed by atoms with Gasteiger partial charge in [-0.05, 0) is 42.7 Å². The third-order valence-electron chi connectivity index (χ3n) is 4.15. The topological polar surface area (TPSA) is 116 Å². The number of ether oxygens (including phenoxy) is 1.